The van der Waals surface area contributed by atoms with Crippen molar-refractivity contribution >= 4 is 48.4 Å². The zero-order valence-corrected chi connectivity index (χ0v) is 19.2. The lowest BCUT2D eigenvalue weighted by Crippen LogP contribution is -2.29. The van der Waals surface area contributed by atoms with Crippen molar-refractivity contribution in [2.24, 2.45) is 11.8 Å². The Kier molecular flexibility index (Phi) is 12.5. The van der Waals surface area contributed by atoms with Crippen LogP contribution in [0, 0.1) is 11.8 Å². The topological polar surface area (TPSA) is 6.48 Å². The van der Waals surface area contributed by atoms with E-state index < -0.39 is 0 Å². The van der Waals surface area contributed by atoms with Gasteiger partial charge in [-0.1, -0.05) is 60.7 Å². The van der Waals surface area contributed by atoms with E-state index in [0.29, 0.717) is 11.8 Å². The first kappa shape index (κ1) is 25.6. The summed E-state index contributed by atoms with van der Waals surface area (Å²) >= 11 is 12.9. The molecule has 0 atom stereocenters. The summed E-state index contributed by atoms with van der Waals surface area (Å²) in [5, 5.41) is 0. The van der Waals surface area contributed by atoms with Crippen LogP contribution in [0.25, 0.3) is 0 Å². The van der Waals surface area contributed by atoms with E-state index in [2.05, 4.69) is 48.5 Å². The van der Waals surface area contributed by atoms with Crippen LogP contribution in [0.5, 0.6) is 0 Å². The number of nitrogens with zero attached hydrogens (tertiary/aromatic N) is 2. The van der Waals surface area contributed by atoms with E-state index in [-0.39, 0.29) is 24.8 Å². The maximum absolute atomic E-state index is 6.46. The molecule has 0 unspecified atom stereocenters. The second kappa shape index (κ2) is 13.7. The molecule has 2 aromatic carbocycles. The van der Waals surface area contributed by atoms with E-state index in [0.717, 1.165) is 26.2 Å². The molecule has 0 amide bonds. The van der Waals surface area contributed by atoms with Gasteiger partial charge in [-0.25, -0.2) is 8.84 Å². The molecule has 156 valence electrons. The van der Waals surface area contributed by atoms with Gasteiger partial charge in [-0.05, 0) is 72.2 Å². The van der Waals surface area contributed by atoms with Crippen LogP contribution in [0.2, 0.25) is 0 Å². The Morgan fingerprint density at radius 2 is 0.929 bits per heavy atom. The summed E-state index contributed by atoms with van der Waals surface area (Å²) in [5.74, 6) is 1.40. The lowest BCUT2D eigenvalue weighted by molar-refractivity contribution is 0.210. The lowest BCUT2D eigenvalue weighted by atomic mass is 9.82. The fourth-order valence-electron chi connectivity index (χ4n) is 3.85. The molecule has 1 aliphatic rings. The molecular formula is C22H30Cl4N2. The van der Waals surface area contributed by atoms with Crippen molar-refractivity contribution in [3.05, 3.63) is 71.8 Å². The van der Waals surface area contributed by atoms with Crippen LogP contribution < -0.4 is 0 Å². The molecule has 2 nitrogen and oxygen atoms in total. The van der Waals surface area contributed by atoms with Crippen molar-refractivity contribution in [2.75, 3.05) is 13.1 Å². The predicted molar refractivity (Wildman–Crippen MR) is 125 cm³/mol. The molecule has 0 heterocycles. The first-order valence-electron chi connectivity index (χ1n) is 9.58. The number of rotatable bonds is 8. The molecule has 2 aromatic rings. The van der Waals surface area contributed by atoms with Crippen LogP contribution in [0.15, 0.2) is 60.7 Å². The highest BCUT2D eigenvalue weighted by molar-refractivity contribution is 6.13. The summed E-state index contributed by atoms with van der Waals surface area (Å²) in [6, 6.07) is 20.9. The summed E-state index contributed by atoms with van der Waals surface area (Å²) in [5.41, 5.74) is 2.55. The third kappa shape index (κ3) is 8.90. The average Bonchev–Trinajstić information content (AvgIpc) is 2.65. The summed E-state index contributed by atoms with van der Waals surface area (Å²) in [7, 11) is 0. The maximum Gasteiger partial charge on any atom is 0.0389 e. The standard InChI is InChI=1S/C22H28Cl2N2.2ClH/c23-25(15-19-7-3-1-4-8-19)17-21-11-13-22(14-12-21)18-26(24)16-20-9-5-2-6-10-20;;/h1-10,21-22H,11-18H2;2*1H/t21-,22-;;. The normalized spacial score (nSPS) is 19.1. The van der Waals surface area contributed by atoms with Gasteiger partial charge in [-0.3, -0.25) is 0 Å². The zero-order chi connectivity index (χ0) is 18.2. The quantitative estimate of drug-likeness (QED) is 0.390. The molecule has 0 N–H and O–H groups in total. The number of hydrogen-bond acceptors (Lipinski definition) is 2. The van der Waals surface area contributed by atoms with Gasteiger partial charge in [0.1, 0.15) is 0 Å². The van der Waals surface area contributed by atoms with Crippen molar-refractivity contribution in [1.82, 2.24) is 8.84 Å². The van der Waals surface area contributed by atoms with E-state index in [1.54, 1.807) is 0 Å². The predicted octanol–water partition coefficient (Wildman–Crippen LogP) is 6.95. The van der Waals surface area contributed by atoms with Crippen molar-refractivity contribution in [1.29, 1.82) is 0 Å². The highest BCUT2D eigenvalue weighted by atomic mass is 35.5. The Morgan fingerprint density at radius 3 is 1.25 bits per heavy atom. The first-order valence-corrected chi connectivity index (χ1v) is 10.3. The van der Waals surface area contributed by atoms with Crippen LogP contribution >= 0.6 is 48.4 Å². The van der Waals surface area contributed by atoms with Gasteiger partial charge in [0.25, 0.3) is 0 Å². The highest BCUT2D eigenvalue weighted by Crippen LogP contribution is 2.31. The minimum absolute atomic E-state index is 0. The summed E-state index contributed by atoms with van der Waals surface area (Å²) < 4.78 is 3.90. The van der Waals surface area contributed by atoms with Crippen molar-refractivity contribution in [3.63, 3.8) is 0 Å². The van der Waals surface area contributed by atoms with Crippen molar-refractivity contribution in [3.8, 4) is 0 Å². The average molecular weight is 464 g/mol. The van der Waals surface area contributed by atoms with Gasteiger partial charge >= 0.3 is 0 Å². The van der Waals surface area contributed by atoms with Gasteiger partial charge in [-0.15, -0.1) is 24.8 Å². The van der Waals surface area contributed by atoms with Crippen LogP contribution in [0.1, 0.15) is 36.8 Å². The molecule has 0 radical (unpaired) electrons. The van der Waals surface area contributed by atoms with Gasteiger partial charge in [-0.2, -0.15) is 0 Å². The molecular weight excluding hydrogens is 434 g/mol. The molecule has 0 bridgehead atoms. The van der Waals surface area contributed by atoms with E-state index in [1.807, 2.05) is 21.0 Å². The molecule has 6 heteroatoms. The van der Waals surface area contributed by atoms with Crippen LogP contribution in [0.3, 0.4) is 0 Å². The van der Waals surface area contributed by atoms with Crippen molar-refractivity contribution in [2.45, 2.75) is 38.8 Å². The molecule has 0 aliphatic heterocycles. The molecule has 28 heavy (non-hydrogen) atoms. The summed E-state index contributed by atoms with van der Waals surface area (Å²) in [6.45, 7) is 3.57. The SMILES string of the molecule is Cl.Cl.ClN(Cc1ccccc1)C[C@H]1CC[C@H](CN(Cl)Cc2ccccc2)CC1. The molecule has 1 aliphatic carbocycles. The monoisotopic (exact) mass is 462 g/mol. The Bertz CT molecular complexity index is 576. The van der Waals surface area contributed by atoms with Gasteiger partial charge in [0.2, 0.25) is 0 Å². The molecule has 0 saturated heterocycles. The van der Waals surface area contributed by atoms with Crippen molar-refractivity contribution < 1.29 is 0 Å². The second-order valence-corrected chi connectivity index (χ2v) is 8.42. The Hall–Kier alpha value is -0.480. The lowest BCUT2D eigenvalue weighted by Gasteiger charge is -2.31. The minimum atomic E-state index is 0. The van der Waals surface area contributed by atoms with E-state index in [4.69, 9.17) is 23.6 Å². The number of halogens is 4. The van der Waals surface area contributed by atoms with Gasteiger partial charge in [0.15, 0.2) is 0 Å². The van der Waals surface area contributed by atoms with E-state index in [1.165, 1.54) is 36.8 Å². The minimum Gasteiger partial charge on any atom is -0.215 e. The van der Waals surface area contributed by atoms with Gasteiger partial charge < -0.3 is 0 Å². The second-order valence-electron chi connectivity index (χ2n) is 7.46. The largest absolute Gasteiger partial charge is 0.215 e. The Morgan fingerprint density at radius 1 is 0.607 bits per heavy atom. The van der Waals surface area contributed by atoms with Crippen LogP contribution in [0.4, 0.5) is 0 Å². The fourth-order valence-corrected chi connectivity index (χ4v) is 4.52. The van der Waals surface area contributed by atoms with Crippen LogP contribution in [-0.4, -0.2) is 21.9 Å². The Labute approximate surface area is 192 Å². The molecule has 0 spiro atoms. The molecule has 1 fully saturated rings. The molecule has 3 rings (SSSR count). The number of hydrogen-bond donors (Lipinski definition) is 0. The third-order valence-corrected chi connectivity index (χ3v) is 5.79. The Balaban J connectivity index is 0.00000196. The van der Waals surface area contributed by atoms with E-state index in [9.17, 15) is 0 Å². The van der Waals surface area contributed by atoms with Gasteiger partial charge in [0.05, 0.1) is 0 Å². The maximum atomic E-state index is 6.46. The highest BCUT2D eigenvalue weighted by Gasteiger charge is 2.24. The zero-order valence-electron chi connectivity index (χ0n) is 16.1. The van der Waals surface area contributed by atoms with E-state index >= 15 is 0 Å². The first-order chi connectivity index (χ1) is 12.7. The summed E-state index contributed by atoms with van der Waals surface area (Å²) in [4.78, 5) is 0. The molecule has 0 aromatic heterocycles. The smallest absolute Gasteiger partial charge is 0.0389 e. The third-order valence-electron chi connectivity index (χ3n) is 5.27. The summed E-state index contributed by atoms with van der Waals surface area (Å²) in [6.07, 6.45) is 5.00. The molecule has 1 saturated carbocycles. The number of benzene rings is 2. The fraction of sp³-hybridized carbons (Fsp3) is 0.455. The van der Waals surface area contributed by atoms with Crippen LogP contribution in [-0.2, 0) is 13.1 Å². The van der Waals surface area contributed by atoms with Gasteiger partial charge in [0, 0.05) is 26.2 Å².